The second-order valence-corrected chi connectivity index (χ2v) is 6.40. The second-order valence-electron chi connectivity index (χ2n) is 6.40. The molecule has 2 aromatic rings. The molecule has 0 unspecified atom stereocenters. The standard InChI is InChI=1S/C20H21N3O6/c1-20(13-8-10-14(27-2)11-9-13)18(25)23(19(26)21-20)22-17(24)12-29-16-7-5-4-6-15(16)28-3/h4-11H,12H2,1-3H3,(H,21,26)(H,22,24)/t20-/m1/s1. The van der Waals surface area contributed by atoms with Crippen molar-refractivity contribution in [2.75, 3.05) is 20.8 Å². The first-order valence-corrected chi connectivity index (χ1v) is 8.75. The highest BCUT2D eigenvalue weighted by Crippen LogP contribution is 2.29. The van der Waals surface area contributed by atoms with Gasteiger partial charge >= 0.3 is 6.03 Å². The zero-order chi connectivity index (χ0) is 21.0. The van der Waals surface area contributed by atoms with Crippen LogP contribution in [0.2, 0.25) is 0 Å². The summed E-state index contributed by atoms with van der Waals surface area (Å²) in [6, 6.07) is 12.8. The first kappa shape index (κ1) is 20.0. The molecule has 0 spiro atoms. The first-order chi connectivity index (χ1) is 13.9. The fraction of sp³-hybridized carbons (Fsp3) is 0.250. The summed E-state index contributed by atoms with van der Waals surface area (Å²) in [5.41, 5.74) is 1.51. The van der Waals surface area contributed by atoms with E-state index in [4.69, 9.17) is 14.2 Å². The Morgan fingerprint density at radius 1 is 1.03 bits per heavy atom. The van der Waals surface area contributed by atoms with Crippen LogP contribution in [0.1, 0.15) is 12.5 Å². The topological polar surface area (TPSA) is 106 Å². The average Bonchev–Trinajstić information content (AvgIpc) is 2.96. The zero-order valence-electron chi connectivity index (χ0n) is 16.2. The minimum absolute atomic E-state index is 0.366. The Morgan fingerprint density at radius 2 is 1.69 bits per heavy atom. The van der Waals surface area contributed by atoms with Gasteiger partial charge in [0.05, 0.1) is 14.2 Å². The molecule has 1 aliphatic heterocycles. The van der Waals surface area contributed by atoms with Crippen LogP contribution in [0.4, 0.5) is 4.79 Å². The van der Waals surface area contributed by atoms with E-state index in [2.05, 4.69) is 10.7 Å². The Balaban J connectivity index is 1.67. The van der Waals surface area contributed by atoms with Gasteiger partial charge in [0.2, 0.25) is 0 Å². The SMILES string of the molecule is COc1ccc([C@@]2(C)NC(=O)N(NC(=O)COc3ccccc3OC)C2=O)cc1. The lowest BCUT2D eigenvalue weighted by molar-refractivity contribution is -0.139. The molecular weight excluding hydrogens is 378 g/mol. The normalized spacial score (nSPS) is 18.2. The third-order valence-corrected chi connectivity index (χ3v) is 4.52. The largest absolute Gasteiger partial charge is 0.497 e. The minimum Gasteiger partial charge on any atom is -0.497 e. The highest BCUT2D eigenvalue weighted by Gasteiger charge is 2.50. The molecule has 9 heteroatoms. The molecule has 2 aromatic carbocycles. The number of rotatable bonds is 7. The number of nitrogens with zero attached hydrogens (tertiary/aromatic N) is 1. The smallest absolute Gasteiger partial charge is 0.344 e. The lowest BCUT2D eigenvalue weighted by Crippen LogP contribution is -2.49. The lowest BCUT2D eigenvalue weighted by Gasteiger charge is -2.22. The van der Waals surface area contributed by atoms with Crippen LogP contribution in [0.3, 0.4) is 0 Å². The van der Waals surface area contributed by atoms with Crippen LogP contribution in [-0.2, 0) is 15.1 Å². The summed E-state index contributed by atoms with van der Waals surface area (Å²) < 4.78 is 15.7. The maximum atomic E-state index is 12.8. The van der Waals surface area contributed by atoms with Crippen molar-refractivity contribution in [1.82, 2.24) is 15.8 Å². The average molecular weight is 399 g/mol. The molecule has 0 radical (unpaired) electrons. The van der Waals surface area contributed by atoms with Crippen LogP contribution in [0, 0.1) is 0 Å². The molecular formula is C20H21N3O6. The number of para-hydroxylation sites is 2. The van der Waals surface area contributed by atoms with Crippen LogP contribution in [0.5, 0.6) is 17.2 Å². The fourth-order valence-corrected chi connectivity index (χ4v) is 2.90. The van der Waals surface area contributed by atoms with Gasteiger partial charge in [0.25, 0.3) is 11.8 Å². The number of ether oxygens (including phenoxy) is 3. The van der Waals surface area contributed by atoms with Gasteiger partial charge in [-0.05, 0) is 36.8 Å². The number of hydrogen-bond acceptors (Lipinski definition) is 6. The van der Waals surface area contributed by atoms with E-state index >= 15 is 0 Å². The fourth-order valence-electron chi connectivity index (χ4n) is 2.90. The second kappa shape index (κ2) is 8.09. The number of hydrogen-bond donors (Lipinski definition) is 2. The number of imide groups is 1. The van der Waals surface area contributed by atoms with Crippen molar-refractivity contribution >= 4 is 17.8 Å². The van der Waals surface area contributed by atoms with Gasteiger partial charge in [0.15, 0.2) is 18.1 Å². The van der Waals surface area contributed by atoms with Gasteiger partial charge in [0, 0.05) is 0 Å². The third-order valence-electron chi connectivity index (χ3n) is 4.52. The number of benzene rings is 2. The molecule has 9 nitrogen and oxygen atoms in total. The van der Waals surface area contributed by atoms with Gasteiger partial charge in [-0.1, -0.05) is 24.3 Å². The summed E-state index contributed by atoms with van der Waals surface area (Å²) in [5, 5.41) is 3.25. The number of carbonyl (C=O) groups excluding carboxylic acids is 3. The van der Waals surface area contributed by atoms with Crippen molar-refractivity contribution in [3.05, 3.63) is 54.1 Å². The Bertz CT molecular complexity index is 930. The first-order valence-electron chi connectivity index (χ1n) is 8.75. The quantitative estimate of drug-likeness (QED) is 0.685. The van der Waals surface area contributed by atoms with Gasteiger partial charge < -0.3 is 19.5 Å². The molecule has 1 saturated heterocycles. The number of hydrazine groups is 1. The van der Waals surface area contributed by atoms with Gasteiger partial charge in [-0.2, -0.15) is 5.01 Å². The summed E-state index contributed by atoms with van der Waals surface area (Å²) >= 11 is 0. The van der Waals surface area contributed by atoms with Gasteiger partial charge in [-0.15, -0.1) is 0 Å². The maximum Gasteiger partial charge on any atom is 0.344 e. The van der Waals surface area contributed by atoms with Crippen LogP contribution in [0.25, 0.3) is 0 Å². The van der Waals surface area contributed by atoms with Gasteiger partial charge in [0.1, 0.15) is 11.3 Å². The Labute approximate surface area is 167 Å². The van der Waals surface area contributed by atoms with E-state index < -0.39 is 30.0 Å². The highest BCUT2D eigenvalue weighted by atomic mass is 16.5. The summed E-state index contributed by atoms with van der Waals surface area (Å²) in [4.78, 5) is 37.4. The maximum absolute atomic E-state index is 12.8. The molecule has 29 heavy (non-hydrogen) atoms. The van der Waals surface area contributed by atoms with E-state index in [1.165, 1.54) is 14.2 Å². The molecule has 1 heterocycles. The molecule has 0 saturated carbocycles. The third kappa shape index (κ3) is 3.93. The Kier molecular flexibility index (Phi) is 5.58. The number of amides is 4. The zero-order valence-corrected chi connectivity index (χ0v) is 16.2. The van der Waals surface area contributed by atoms with Crippen molar-refractivity contribution < 1.29 is 28.6 Å². The van der Waals surface area contributed by atoms with E-state index in [1.807, 2.05) is 0 Å². The van der Waals surface area contributed by atoms with Crippen molar-refractivity contribution in [2.24, 2.45) is 0 Å². The van der Waals surface area contributed by atoms with Crippen molar-refractivity contribution in [3.63, 3.8) is 0 Å². The molecule has 1 atom stereocenters. The van der Waals surface area contributed by atoms with Crippen molar-refractivity contribution in [1.29, 1.82) is 0 Å². The number of urea groups is 1. The van der Waals surface area contributed by atoms with E-state index in [0.717, 1.165) is 0 Å². The molecule has 3 rings (SSSR count). The molecule has 1 aliphatic rings. The van der Waals surface area contributed by atoms with Crippen LogP contribution >= 0.6 is 0 Å². The van der Waals surface area contributed by atoms with Gasteiger partial charge in [-0.25, -0.2) is 4.79 Å². The molecule has 0 bridgehead atoms. The Hall–Kier alpha value is -3.75. The number of carbonyl (C=O) groups is 3. The summed E-state index contributed by atoms with van der Waals surface area (Å²) in [6.07, 6.45) is 0. The predicted molar refractivity (Wildman–Crippen MR) is 102 cm³/mol. The van der Waals surface area contributed by atoms with E-state index in [-0.39, 0.29) is 0 Å². The van der Waals surface area contributed by atoms with Crippen molar-refractivity contribution in [3.8, 4) is 17.2 Å². The summed E-state index contributed by atoms with van der Waals surface area (Å²) in [7, 11) is 3.01. The molecule has 0 aromatic heterocycles. The minimum atomic E-state index is -1.32. The predicted octanol–water partition coefficient (Wildman–Crippen LogP) is 1.58. The molecule has 1 fully saturated rings. The Morgan fingerprint density at radius 3 is 2.31 bits per heavy atom. The van der Waals surface area contributed by atoms with E-state index in [9.17, 15) is 14.4 Å². The van der Waals surface area contributed by atoms with Crippen molar-refractivity contribution in [2.45, 2.75) is 12.5 Å². The number of methoxy groups -OCH3 is 2. The lowest BCUT2D eigenvalue weighted by atomic mass is 9.92. The van der Waals surface area contributed by atoms with E-state index in [1.54, 1.807) is 55.5 Å². The molecule has 4 amide bonds. The summed E-state index contributed by atoms with van der Waals surface area (Å²) in [5.74, 6) is 0.164. The molecule has 2 N–H and O–H groups in total. The number of nitrogens with one attached hydrogen (secondary N) is 2. The van der Waals surface area contributed by atoms with Crippen LogP contribution in [-0.4, -0.2) is 43.7 Å². The molecule has 0 aliphatic carbocycles. The highest BCUT2D eigenvalue weighted by molar-refractivity contribution is 6.08. The summed E-state index contributed by atoms with van der Waals surface area (Å²) in [6.45, 7) is 1.16. The molecule has 152 valence electrons. The monoisotopic (exact) mass is 399 g/mol. The van der Waals surface area contributed by atoms with Gasteiger partial charge in [-0.3, -0.25) is 15.0 Å². The van der Waals surface area contributed by atoms with E-state index in [0.29, 0.717) is 27.8 Å². The van der Waals surface area contributed by atoms with Crippen LogP contribution < -0.4 is 25.0 Å². The van der Waals surface area contributed by atoms with Crippen LogP contribution in [0.15, 0.2) is 48.5 Å².